The third-order valence-corrected chi connectivity index (χ3v) is 5.84. The number of benzene rings is 1. The van der Waals surface area contributed by atoms with Crippen molar-refractivity contribution >= 4 is 40.3 Å². The van der Waals surface area contributed by atoms with Gasteiger partial charge < -0.3 is 29.8 Å². The van der Waals surface area contributed by atoms with Crippen LogP contribution in [-0.4, -0.2) is 59.6 Å². The number of ketones is 1. The number of pyridine rings is 1. The minimum absolute atomic E-state index is 0.117. The standard InChI is InChI=1S/C27H29F3N4O7/c1-6-39-24-16(23(37)32-5)10-15-18(33-24)11-34(22(15)31)12-19(35)14-7-8-20(17(9-14)26(2,3)4)40-13-21(36)41-25(38)27(28,29)30/h7-11H,6,12-13,31H2,1-5H3,(H,32,37). The van der Waals surface area contributed by atoms with Crippen LogP contribution in [0.5, 0.6) is 11.6 Å². The molecule has 0 aliphatic rings. The Labute approximate surface area is 232 Å². The number of hydrogen-bond acceptors (Lipinski definition) is 9. The molecule has 0 spiro atoms. The van der Waals surface area contributed by atoms with Crippen molar-refractivity contribution in [1.29, 1.82) is 0 Å². The molecule has 11 nitrogen and oxygen atoms in total. The lowest BCUT2D eigenvalue weighted by Crippen LogP contribution is -2.30. The number of carbonyl (C=O) groups is 4. The lowest BCUT2D eigenvalue weighted by Gasteiger charge is -2.23. The van der Waals surface area contributed by atoms with Crippen molar-refractivity contribution in [2.45, 2.75) is 45.8 Å². The van der Waals surface area contributed by atoms with E-state index < -0.39 is 36.0 Å². The number of carbonyl (C=O) groups excluding carboxylic acids is 4. The first kappa shape index (κ1) is 30.9. The average Bonchev–Trinajstić information content (AvgIpc) is 3.19. The largest absolute Gasteiger partial charge is 0.491 e. The molecule has 0 saturated carbocycles. The fraction of sp³-hybridized carbons (Fsp3) is 0.370. The van der Waals surface area contributed by atoms with Gasteiger partial charge in [0, 0.05) is 29.8 Å². The zero-order valence-electron chi connectivity index (χ0n) is 23.0. The van der Waals surface area contributed by atoms with Gasteiger partial charge in [-0.15, -0.1) is 0 Å². The Morgan fingerprint density at radius 3 is 2.34 bits per heavy atom. The molecule has 14 heteroatoms. The van der Waals surface area contributed by atoms with Gasteiger partial charge in [-0.05, 0) is 36.6 Å². The highest BCUT2D eigenvalue weighted by molar-refractivity contribution is 6.03. The van der Waals surface area contributed by atoms with E-state index in [1.165, 1.54) is 23.7 Å². The van der Waals surface area contributed by atoms with Crippen LogP contribution >= 0.6 is 0 Å². The number of halogens is 3. The van der Waals surface area contributed by atoms with E-state index in [2.05, 4.69) is 15.0 Å². The fourth-order valence-electron chi connectivity index (χ4n) is 3.85. The summed E-state index contributed by atoms with van der Waals surface area (Å²) in [4.78, 5) is 52.5. The van der Waals surface area contributed by atoms with Crippen molar-refractivity contribution < 1.29 is 46.6 Å². The summed E-state index contributed by atoms with van der Waals surface area (Å²) in [6, 6.07) is 5.90. The highest BCUT2D eigenvalue weighted by atomic mass is 19.4. The van der Waals surface area contributed by atoms with Crippen molar-refractivity contribution in [3.8, 4) is 11.6 Å². The second kappa shape index (κ2) is 11.9. The summed E-state index contributed by atoms with van der Waals surface area (Å²) in [5.41, 5.74) is 7.02. The maximum absolute atomic E-state index is 13.3. The van der Waals surface area contributed by atoms with Crippen LogP contribution in [0.1, 0.15) is 54.0 Å². The number of aromatic nitrogens is 2. The second-order valence-corrected chi connectivity index (χ2v) is 9.86. The minimum atomic E-state index is -5.32. The number of ether oxygens (including phenoxy) is 3. The van der Waals surface area contributed by atoms with Crippen LogP contribution in [-0.2, 0) is 26.3 Å². The number of nitrogens with one attached hydrogen (secondary N) is 1. The highest BCUT2D eigenvalue weighted by Crippen LogP contribution is 2.33. The van der Waals surface area contributed by atoms with Gasteiger partial charge in [0.2, 0.25) is 5.88 Å². The van der Waals surface area contributed by atoms with Gasteiger partial charge in [-0.3, -0.25) is 9.59 Å². The number of nitrogen functional groups attached to an aromatic ring is 1. The number of fused-ring (bicyclic) bond motifs is 1. The van der Waals surface area contributed by atoms with Crippen LogP contribution in [0.15, 0.2) is 30.5 Å². The molecule has 0 bridgehead atoms. The average molecular weight is 579 g/mol. The highest BCUT2D eigenvalue weighted by Gasteiger charge is 2.42. The summed E-state index contributed by atoms with van der Waals surface area (Å²) >= 11 is 0. The number of alkyl halides is 3. The number of esters is 2. The quantitative estimate of drug-likeness (QED) is 0.221. The van der Waals surface area contributed by atoms with E-state index >= 15 is 0 Å². The normalized spacial score (nSPS) is 11.7. The van der Waals surface area contributed by atoms with E-state index in [-0.39, 0.29) is 47.5 Å². The van der Waals surface area contributed by atoms with Gasteiger partial charge in [0.1, 0.15) is 17.1 Å². The van der Waals surface area contributed by atoms with Gasteiger partial charge >= 0.3 is 18.1 Å². The summed E-state index contributed by atoms with van der Waals surface area (Å²) in [6.07, 6.45) is -3.76. The first-order valence-electron chi connectivity index (χ1n) is 12.3. The Balaban J connectivity index is 1.86. The summed E-state index contributed by atoms with van der Waals surface area (Å²) in [6.45, 7) is 6.29. The van der Waals surface area contributed by atoms with Gasteiger partial charge in [-0.25, -0.2) is 14.6 Å². The lowest BCUT2D eigenvalue weighted by molar-refractivity contribution is -0.202. The SMILES string of the molecule is CCOc1nc2cn(CC(=O)c3ccc(OCC(=O)OC(=O)C(F)(F)F)c(C(C)(C)C)c3)c(N)c2cc1C(=O)NC. The third kappa shape index (κ3) is 7.13. The van der Waals surface area contributed by atoms with Crippen LogP contribution in [0, 0.1) is 0 Å². The number of rotatable bonds is 9. The van der Waals surface area contributed by atoms with Gasteiger partial charge in [0.25, 0.3) is 5.91 Å². The molecule has 0 unspecified atom stereocenters. The van der Waals surface area contributed by atoms with Crippen molar-refractivity contribution in [3.63, 3.8) is 0 Å². The smallest absolute Gasteiger partial charge is 0.482 e. The summed E-state index contributed by atoms with van der Waals surface area (Å²) in [7, 11) is 1.47. The molecule has 220 valence electrons. The molecule has 2 heterocycles. The zero-order valence-corrected chi connectivity index (χ0v) is 23.0. The van der Waals surface area contributed by atoms with Crippen LogP contribution in [0.4, 0.5) is 19.0 Å². The molecule has 3 rings (SSSR count). The van der Waals surface area contributed by atoms with E-state index in [1.807, 2.05) is 0 Å². The maximum Gasteiger partial charge on any atom is 0.491 e. The topological polar surface area (TPSA) is 152 Å². The van der Waals surface area contributed by atoms with E-state index in [0.29, 0.717) is 16.5 Å². The second-order valence-electron chi connectivity index (χ2n) is 9.86. The van der Waals surface area contributed by atoms with E-state index in [0.717, 1.165) is 0 Å². The minimum Gasteiger partial charge on any atom is -0.482 e. The van der Waals surface area contributed by atoms with E-state index in [9.17, 15) is 32.3 Å². The Kier molecular flexibility index (Phi) is 8.94. The Hall–Kier alpha value is -4.62. The van der Waals surface area contributed by atoms with Gasteiger partial charge in [-0.2, -0.15) is 13.2 Å². The predicted molar refractivity (Wildman–Crippen MR) is 141 cm³/mol. The van der Waals surface area contributed by atoms with Gasteiger partial charge in [0.05, 0.1) is 18.7 Å². The molecule has 1 amide bonds. The van der Waals surface area contributed by atoms with Gasteiger partial charge in [0.15, 0.2) is 12.4 Å². The van der Waals surface area contributed by atoms with E-state index in [1.54, 1.807) is 46.0 Å². The van der Waals surface area contributed by atoms with Crippen LogP contribution in [0.25, 0.3) is 10.9 Å². The summed E-state index contributed by atoms with van der Waals surface area (Å²) in [5.74, 6) is -4.48. The molecule has 1 aromatic carbocycles. The molecular formula is C27H29F3N4O7. The first-order valence-corrected chi connectivity index (χ1v) is 12.3. The fourth-order valence-corrected chi connectivity index (χ4v) is 3.85. The number of amides is 1. The number of nitrogens with two attached hydrogens (primary N) is 1. The van der Waals surface area contributed by atoms with Crippen LogP contribution in [0.3, 0.4) is 0 Å². The Morgan fingerprint density at radius 2 is 1.76 bits per heavy atom. The summed E-state index contributed by atoms with van der Waals surface area (Å²) in [5, 5.41) is 2.97. The number of Topliss-reactive ketones (excluding diaryl/α,β-unsaturated/α-hetero) is 1. The molecule has 0 fully saturated rings. The summed E-state index contributed by atoms with van der Waals surface area (Å²) < 4.78 is 53.1. The van der Waals surface area contributed by atoms with Crippen LogP contribution in [0.2, 0.25) is 0 Å². The lowest BCUT2D eigenvalue weighted by atomic mass is 9.85. The monoisotopic (exact) mass is 578 g/mol. The van der Waals surface area contributed by atoms with Crippen molar-refractivity contribution in [3.05, 3.63) is 47.2 Å². The number of hydrogen-bond donors (Lipinski definition) is 2. The third-order valence-electron chi connectivity index (χ3n) is 5.84. The molecule has 0 radical (unpaired) electrons. The molecule has 0 atom stereocenters. The number of anilines is 1. The number of nitrogens with zero attached hydrogens (tertiary/aromatic N) is 2. The molecule has 0 aliphatic carbocycles. The first-order chi connectivity index (χ1) is 19.1. The molecule has 2 aromatic heterocycles. The molecular weight excluding hydrogens is 549 g/mol. The van der Waals surface area contributed by atoms with Crippen molar-refractivity contribution in [2.75, 3.05) is 26.0 Å². The molecule has 3 N–H and O–H groups in total. The zero-order chi connectivity index (χ0) is 30.7. The molecule has 0 aliphatic heterocycles. The van der Waals surface area contributed by atoms with Gasteiger partial charge in [-0.1, -0.05) is 20.8 Å². The van der Waals surface area contributed by atoms with Crippen LogP contribution < -0.4 is 20.5 Å². The Morgan fingerprint density at radius 1 is 1.07 bits per heavy atom. The van der Waals surface area contributed by atoms with Crippen molar-refractivity contribution in [1.82, 2.24) is 14.9 Å². The molecule has 3 aromatic rings. The molecule has 0 saturated heterocycles. The van der Waals surface area contributed by atoms with E-state index in [4.69, 9.17) is 15.2 Å². The maximum atomic E-state index is 13.3. The Bertz CT molecular complexity index is 1510. The molecule has 41 heavy (non-hydrogen) atoms. The van der Waals surface area contributed by atoms with Crippen molar-refractivity contribution in [2.24, 2.45) is 0 Å². The predicted octanol–water partition coefficient (Wildman–Crippen LogP) is 3.57.